The third-order valence-corrected chi connectivity index (χ3v) is 2.90. The first-order valence-corrected chi connectivity index (χ1v) is 5.03. The van der Waals surface area contributed by atoms with Crippen molar-refractivity contribution in [2.45, 2.75) is 26.1 Å². The lowest BCUT2D eigenvalue weighted by Crippen LogP contribution is -2.23. The van der Waals surface area contributed by atoms with Gasteiger partial charge in [-0.3, -0.25) is 4.79 Å². The van der Waals surface area contributed by atoms with E-state index in [4.69, 9.17) is 0 Å². The minimum atomic E-state index is -4.24. The number of pyridine rings is 1. The van der Waals surface area contributed by atoms with Crippen molar-refractivity contribution in [2.24, 2.45) is 0 Å². The first-order valence-electron chi connectivity index (χ1n) is 4.23. The third kappa shape index (κ3) is 3.37. The third-order valence-electron chi connectivity index (χ3n) is 1.94. The van der Waals surface area contributed by atoms with Gasteiger partial charge in [-0.1, -0.05) is 0 Å². The summed E-state index contributed by atoms with van der Waals surface area (Å²) < 4.78 is 37.1. The molecule has 0 radical (unpaired) electrons. The SMILES string of the molecule is Cc1ccn(CCC(F)(F)F)c(=O)c1Br. The summed E-state index contributed by atoms with van der Waals surface area (Å²) in [6.45, 7) is 1.36. The maximum Gasteiger partial charge on any atom is 0.390 e. The van der Waals surface area contributed by atoms with Gasteiger partial charge < -0.3 is 4.57 Å². The lowest BCUT2D eigenvalue weighted by atomic mass is 10.3. The molecule has 0 fully saturated rings. The van der Waals surface area contributed by atoms with Crippen molar-refractivity contribution < 1.29 is 13.2 Å². The number of nitrogens with zero attached hydrogens (tertiary/aromatic N) is 1. The Morgan fingerprint density at radius 3 is 2.60 bits per heavy atom. The lowest BCUT2D eigenvalue weighted by molar-refractivity contribution is -0.136. The molecule has 6 heteroatoms. The largest absolute Gasteiger partial charge is 0.390 e. The van der Waals surface area contributed by atoms with Crippen LogP contribution >= 0.6 is 15.9 Å². The molecule has 15 heavy (non-hydrogen) atoms. The van der Waals surface area contributed by atoms with Gasteiger partial charge in [0.2, 0.25) is 0 Å². The van der Waals surface area contributed by atoms with E-state index in [9.17, 15) is 18.0 Å². The van der Waals surface area contributed by atoms with E-state index < -0.39 is 18.2 Å². The molecule has 1 aromatic rings. The van der Waals surface area contributed by atoms with Gasteiger partial charge in [-0.05, 0) is 34.5 Å². The van der Waals surface area contributed by atoms with E-state index >= 15 is 0 Å². The molecule has 2 nitrogen and oxygen atoms in total. The maximum absolute atomic E-state index is 11.9. The van der Waals surface area contributed by atoms with Crippen LogP contribution in [0, 0.1) is 6.92 Å². The first kappa shape index (κ1) is 12.3. The summed E-state index contributed by atoms with van der Waals surface area (Å²) in [5, 5.41) is 0. The average Bonchev–Trinajstić information content (AvgIpc) is 2.12. The predicted octanol–water partition coefficient (Wildman–Crippen LogP) is 2.87. The number of aryl methyl sites for hydroxylation is 2. The number of alkyl halides is 3. The van der Waals surface area contributed by atoms with E-state index in [2.05, 4.69) is 15.9 Å². The van der Waals surface area contributed by atoms with Crippen molar-refractivity contribution >= 4 is 15.9 Å². The average molecular weight is 284 g/mol. The van der Waals surface area contributed by atoms with Gasteiger partial charge in [-0.25, -0.2) is 0 Å². The number of halogens is 4. The number of rotatable bonds is 2. The van der Waals surface area contributed by atoms with Gasteiger partial charge in [0.25, 0.3) is 5.56 Å². The predicted molar refractivity (Wildman–Crippen MR) is 53.8 cm³/mol. The molecule has 0 aliphatic heterocycles. The quantitative estimate of drug-likeness (QED) is 0.818. The molecule has 0 aliphatic carbocycles. The molecule has 0 aliphatic rings. The minimum Gasteiger partial charge on any atom is -0.314 e. The summed E-state index contributed by atoms with van der Waals surface area (Å²) in [6, 6.07) is 1.60. The van der Waals surface area contributed by atoms with E-state index in [0.29, 0.717) is 10.0 Å². The molecule has 0 bridgehead atoms. The fourth-order valence-electron chi connectivity index (χ4n) is 1.06. The zero-order valence-corrected chi connectivity index (χ0v) is 9.52. The van der Waals surface area contributed by atoms with Crippen LogP contribution in [0.1, 0.15) is 12.0 Å². The Morgan fingerprint density at radius 1 is 1.47 bits per heavy atom. The Labute approximate surface area is 92.8 Å². The maximum atomic E-state index is 11.9. The minimum absolute atomic E-state index is 0.312. The Bertz CT molecular complexity index is 411. The molecule has 1 rings (SSSR count). The first-order chi connectivity index (χ1) is 6.81. The second-order valence-corrected chi connectivity index (χ2v) is 3.97. The van der Waals surface area contributed by atoms with Gasteiger partial charge >= 0.3 is 6.18 Å². The molecule has 0 aromatic carbocycles. The molecule has 0 spiro atoms. The second-order valence-electron chi connectivity index (χ2n) is 3.18. The van der Waals surface area contributed by atoms with Crippen molar-refractivity contribution in [3.05, 3.63) is 32.7 Å². The molecule has 1 heterocycles. The van der Waals surface area contributed by atoms with E-state index in [1.807, 2.05) is 0 Å². The fourth-order valence-corrected chi connectivity index (χ4v) is 1.42. The van der Waals surface area contributed by atoms with E-state index in [0.717, 1.165) is 4.57 Å². The van der Waals surface area contributed by atoms with Gasteiger partial charge in [0, 0.05) is 12.7 Å². The Morgan fingerprint density at radius 2 is 2.07 bits per heavy atom. The van der Waals surface area contributed by atoms with Gasteiger partial charge in [0.15, 0.2) is 0 Å². The van der Waals surface area contributed by atoms with Crippen molar-refractivity contribution in [3.8, 4) is 0 Å². The molecule has 1 aromatic heterocycles. The van der Waals surface area contributed by atoms with Crippen LogP contribution in [-0.2, 0) is 6.54 Å². The monoisotopic (exact) mass is 283 g/mol. The van der Waals surface area contributed by atoms with Crippen molar-refractivity contribution in [3.63, 3.8) is 0 Å². The lowest BCUT2D eigenvalue weighted by Gasteiger charge is -2.09. The zero-order chi connectivity index (χ0) is 11.6. The summed E-state index contributed by atoms with van der Waals surface area (Å²) in [5.74, 6) is 0. The van der Waals surface area contributed by atoms with Crippen molar-refractivity contribution in [2.75, 3.05) is 0 Å². The number of hydrogen-bond donors (Lipinski definition) is 0. The van der Waals surface area contributed by atoms with Crippen molar-refractivity contribution in [1.82, 2.24) is 4.57 Å². The molecule has 0 atom stereocenters. The topological polar surface area (TPSA) is 22.0 Å². The highest BCUT2D eigenvalue weighted by Gasteiger charge is 2.26. The summed E-state index contributed by atoms with van der Waals surface area (Å²) in [6.07, 6.45) is -3.87. The smallest absolute Gasteiger partial charge is 0.314 e. The normalized spacial score (nSPS) is 11.8. The molecule has 0 amide bonds. The Hall–Kier alpha value is -0.780. The van der Waals surface area contributed by atoms with Crippen LogP contribution < -0.4 is 5.56 Å². The van der Waals surface area contributed by atoms with Crippen LogP contribution in [0.2, 0.25) is 0 Å². The van der Waals surface area contributed by atoms with Crippen molar-refractivity contribution in [1.29, 1.82) is 0 Å². The van der Waals surface area contributed by atoms with Gasteiger partial charge in [0.1, 0.15) is 0 Å². The highest BCUT2D eigenvalue weighted by molar-refractivity contribution is 9.10. The fraction of sp³-hybridized carbons (Fsp3) is 0.444. The van der Waals surface area contributed by atoms with E-state index in [1.165, 1.54) is 6.20 Å². The summed E-state index contributed by atoms with van der Waals surface area (Å²) >= 11 is 3.04. The van der Waals surface area contributed by atoms with Gasteiger partial charge in [-0.2, -0.15) is 13.2 Å². The van der Waals surface area contributed by atoms with E-state index in [-0.39, 0.29) is 6.54 Å². The summed E-state index contributed by atoms with van der Waals surface area (Å²) in [7, 11) is 0. The van der Waals surface area contributed by atoms with Gasteiger partial charge in [-0.15, -0.1) is 0 Å². The standard InChI is InChI=1S/C9H9BrF3NO/c1-6-2-4-14(8(15)7(6)10)5-3-9(11,12)13/h2,4H,3,5H2,1H3. The molecule has 0 saturated heterocycles. The van der Waals surface area contributed by atoms with Crippen LogP contribution in [0.4, 0.5) is 13.2 Å². The molecular weight excluding hydrogens is 275 g/mol. The molecule has 0 unspecified atom stereocenters. The highest BCUT2D eigenvalue weighted by Crippen LogP contribution is 2.20. The molecule has 0 N–H and O–H groups in total. The molecule has 84 valence electrons. The van der Waals surface area contributed by atoms with Crippen LogP contribution in [0.5, 0.6) is 0 Å². The van der Waals surface area contributed by atoms with E-state index in [1.54, 1.807) is 13.0 Å². The molecule has 0 saturated carbocycles. The molecular formula is C9H9BrF3NO. The number of hydrogen-bond acceptors (Lipinski definition) is 1. The highest BCUT2D eigenvalue weighted by atomic mass is 79.9. The summed E-state index contributed by atoms with van der Waals surface area (Å²) in [4.78, 5) is 11.5. The van der Waals surface area contributed by atoms with Crippen LogP contribution in [0.15, 0.2) is 21.5 Å². The number of aromatic nitrogens is 1. The van der Waals surface area contributed by atoms with Crippen LogP contribution in [-0.4, -0.2) is 10.7 Å². The summed E-state index contributed by atoms with van der Waals surface area (Å²) in [5.41, 5.74) is 0.280. The van der Waals surface area contributed by atoms with Crippen LogP contribution in [0.25, 0.3) is 0 Å². The Kier molecular flexibility index (Phi) is 3.59. The van der Waals surface area contributed by atoms with Gasteiger partial charge in [0.05, 0.1) is 10.9 Å². The Balaban J connectivity index is 2.89. The second kappa shape index (κ2) is 4.38. The van der Waals surface area contributed by atoms with Crippen LogP contribution in [0.3, 0.4) is 0 Å². The zero-order valence-electron chi connectivity index (χ0n) is 7.94.